The lowest BCUT2D eigenvalue weighted by atomic mass is 9.75. The normalized spacial score (nSPS) is 13.8. The average molecular weight is 523 g/mol. The van der Waals surface area contributed by atoms with Gasteiger partial charge in [-0.2, -0.15) is 23.5 Å². The molecular weight excluding hydrogens is 488 g/mol. The number of hydrogen-bond donors (Lipinski definition) is 1. The molecule has 0 aromatic rings. The molecule has 0 aliphatic carbocycles. The summed E-state index contributed by atoms with van der Waals surface area (Å²) in [6.07, 6.45) is -0.376. The second kappa shape index (κ2) is 16.5. The Labute approximate surface area is 208 Å². The van der Waals surface area contributed by atoms with Crippen LogP contribution in [0.5, 0.6) is 0 Å². The zero-order chi connectivity index (χ0) is 26.2. The van der Waals surface area contributed by atoms with Gasteiger partial charge in [0.25, 0.3) is 12.9 Å². The van der Waals surface area contributed by atoms with Crippen molar-refractivity contribution in [3.05, 3.63) is 0 Å². The van der Waals surface area contributed by atoms with E-state index in [9.17, 15) is 33.9 Å². The standard InChI is InChI=1S/C22H34O10S2/c1-21(2,19(27)28)12-22(3,20(29)30-4)13-34-8-6-17(26)9-16(25)5-7-33-11-18(32-15-24)10-31-14-23/h14-15,18H,5-13H2,1-4H3,(H,27,28). The van der Waals surface area contributed by atoms with E-state index in [-0.39, 0.29) is 62.6 Å². The first-order chi connectivity index (χ1) is 15.9. The molecule has 0 rings (SSSR count). The highest BCUT2D eigenvalue weighted by Gasteiger charge is 2.43. The number of carboxylic acids is 1. The molecule has 194 valence electrons. The van der Waals surface area contributed by atoms with Crippen LogP contribution < -0.4 is 0 Å². The molecule has 0 spiro atoms. The smallest absolute Gasteiger partial charge is 0.312 e. The van der Waals surface area contributed by atoms with Crippen molar-refractivity contribution in [3.8, 4) is 0 Å². The predicted octanol–water partition coefficient (Wildman–Crippen LogP) is 2.16. The van der Waals surface area contributed by atoms with Gasteiger partial charge in [-0.15, -0.1) is 0 Å². The quantitative estimate of drug-likeness (QED) is 0.0773. The van der Waals surface area contributed by atoms with Gasteiger partial charge in [0.05, 0.1) is 24.4 Å². The number of thioether (sulfide) groups is 2. The van der Waals surface area contributed by atoms with Gasteiger partial charge in [0, 0.05) is 35.9 Å². The van der Waals surface area contributed by atoms with E-state index in [2.05, 4.69) is 4.74 Å². The number of methoxy groups -OCH3 is 1. The van der Waals surface area contributed by atoms with Crippen LogP contribution in [0, 0.1) is 10.8 Å². The van der Waals surface area contributed by atoms with Gasteiger partial charge in [0.2, 0.25) is 0 Å². The Bertz CT molecular complexity index is 710. The minimum atomic E-state index is -1.12. The van der Waals surface area contributed by atoms with E-state index in [0.29, 0.717) is 17.3 Å². The number of carbonyl (C=O) groups is 6. The summed E-state index contributed by atoms with van der Waals surface area (Å²) in [5.74, 6) is -0.488. The monoisotopic (exact) mass is 522 g/mol. The van der Waals surface area contributed by atoms with Crippen molar-refractivity contribution in [1.29, 1.82) is 0 Å². The van der Waals surface area contributed by atoms with Gasteiger partial charge in [0.1, 0.15) is 24.3 Å². The number of hydrogen-bond acceptors (Lipinski definition) is 11. The van der Waals surface area contributed by atoms with E-state index in [0.717, 1.165) is 0 Å². The number of aliphatic carboxylic acids is 1. The molecule has 0 amide bonds. The summed E-state index contributed by atoms with van der Waals surface area (Å²) >= 11 is 2.68. The zero-order valence-corrected chi connectivity index (χ0v) is 21.7. The van der Waals surface area contributed by atoms with Gasteiger partial charge in [-0.05, 0) is 27.2 Å². The third kappa shape index (κ3) is 13.0. The molecule has 1 N–H and O–H groups in total. The molecule has 2 atom stereocenters. The molecule has 0 fully saturated rings. The van der Waals surface area contributed by atoms with E-state index in [1.807, 2.05) is 0 Å². The summed E-state index contributed by atoms with van der Waals surface area (Å²) in [7, 11) is 1.25. The molecule has 0 bridgehead atoms. The third-order valence-corrected chi connectivity index (χ3v) is 7.29. The van der Waals surface area contributed by atoms with Gasteiger partial charge >= 0.3 is 11.9 Å². The maximum atomic E-state index is 12.3. The molecule has 12 heteroatoms. The second-order valence-corrected chi connectivity index (χ2v) is 10.8. The van der Waals surface area contributed by atoms with Crippen LogP contribution in [0.25, 0.3) is 0 Å². The highest BCUT2D eigenvalue weighted by atomic mass is 32.2. The molecule has 0 saturated heterocycles. The van der Waals surface area contributed by atoms with E-state index in [4.69, 9.17) is 9.47 Å². The lowest BCUT2D eigenvalue weighted by Crippen LogP contribution is -2.39. The highest BCUT2D eigenvalue weighted by molar-refractivity contribution is 7.99. The van der Waals surface area contributed by atoms with E-state index in [1.165, 1.54) is 30.6 Å². The van der Waals surface area contributed by atoms with Gasteiger partial charge in [0.15, 0.2) is 0 Å². The first-order valence-corrected chi connectivity index (χ1v) is 12.9. The van der Waals surface area contributed by atoms with Gasteiger partial charge < -0.3 is 19.3 Å². The Morgan fingerprint density at radius 1 is 0.971 bits per heavy atom. The first kappa shape index (κ1) is 31.9. The van der Waals surface area contributed by atoms with Gasteiger partial charge in [-0.1, -0.05) is 0 Å². The van der Waals surface area contributed by atoms with Crippen LogP contribution in [0.4, 0.5) is 0 Å². The van der Waals surface area contributed by atoms with Gasteiger partial charge in [-0.3, -0.25) is 28.8 Å². The number of ether oxygens (including phenoxy) is 3. The fourth-order valence-electron chi connectivity index (χ4n) is 3.11. The van der Waals surface area contributed by atoms with Crippen LogP contribution in [-0.2, 0) is 43.0 Å². The number of esters is 1. The van der Waals surface area contributed by atoms with Crippen molar-refractivity contribution < 1.29 is 48.1 Å². The van der Waals surface area contributed by atoms with Crippen molar-refractivity contribution in [2.45, 2.75) is 52.6 Å². The van der Waals surface area contributed by atoms with Crippen LogP contribution in [0.3, 0.4) is 0 Å². The molecule has 0 aliphatic rings. The van der Waals surface area contributed by atoms with Crippen LogP contribution >= 0.6 is 23.5 Å². The topological polar surface area (TPSA) is 150 Å². The van der Waals surface area contributed by atoms with Crippen LogP contribution in [0.2, 0.25) is 0 Å². The third-order valence-electron chi connectivity index (χ3n) is 4.86. The van der Waals surface area contributed by atoms with Crippen LogP contribution in [-0.4, -0.2) is 84.4 Å². The molecule has 0 saturated carbocycles. The SMILES string of the molecule is COC(=O)C(C)(CSCCC(=O)CC(=O)CCSCC(COC=O)OC=O)CC(C)(C)C(=O)O. The summed E-state index contributed by atoms with van der Waals surface area (Å²) in [6, 6.07) is 0. The summed E-state index contributed by atoms with van der Waals surface area (Å²) in [4.78, 5) is 68.5. The Morgan fingerprint density at radius 3 is 2.06 bits per heavy atom. The fraction of sp³-hybridized carbons (Fsp3) is 0.727. The summed E-state index contributed by atoms with van der Waals surface area (Å²) in [5.41, 5.74) is -2.15. The molecule has 0 heterocycles. The summed E-state index contributed by atoms with van der Waals surface area (Å²) in [6.45, 7) is 5.19. The Balaban J connectivity index is 4.37. The van der Waals surface area contributed by atoms with Crippen LogP contribution in [0.15, 0.2) is 0 Å². The maximum absolute atomic E-state index is 12.3. The van der Waals surface area contributed by atoms with E-state index < -0.39 is 28.9 Å². The van der Waals surface area contributed by atoms with Crippen molar-refractivity contribution in [1.82, 2.24) is 0 Å². The van der Waals surface area contributed by atoms with E-state index in [1.54, 1.807) is 20.8 Å². The largest absolute Gasteiger partial charge is 0.481 e. The lowest BCUT2D eigenvalue weighted by Gasteiger charge is -2.32. The average Bonchev–Trinajstić information content (AvgIpc) is 2.76. The molecule has 0 aromatic heterocycles. The molecule has 0 aromatic carbocycles. The molecule has 2 unspecified atom stereocenters. The Morgan fingerprint density at radius 2 is 1.56 bits per heavy atom. The zero-order valence-electron chi connectivity index (χ0n) is 20.0. The highest BCUT2D eigenvalue weighted by Crippen LogP contribution is 2.38. The minimum Gasteiger partial charge on any atom is -0.481 e. The van der Waals surface area contributed by atoms with Crippen molar-refractivity contribution in [2.75, 3.05) is 36.7 Å². The first-order valence-electron chi connectivity index (χ1n) is 10.6. The summed E-state index contributed by atoms with van der Waals surface area (Å²) < 4.78 is 14.2. The maximum Gasteiger partial charge on any atom is 0.312 e. The Hall–Kier alpha value is -2.08. The number of carbonyl (C=O) groups excluding carboxylic acids is 5. The van der Waals surface area contributed by atoms with Crippen LogP contribution in [0.1, 0.15) is 46.5 Å². The molecule has 34 heavy (non-hydrogen) atoms. The predicted molar refractivity (Wildman–Crippen MR) is 128 cm³/mol. The number of rotatable bonds is 21. The second-order valence-electron chi connectivity index (χ2n) is 8.58. The minimum absolute atomic E-state index is 0.0673. The molecule has 0 radical (unpaired) electrons. The molecule has 10 nitrogen and oxygen atoms in total. The van der Waals surface area contributed by atoms with Crippen molar-refractivity contribution >= 4 is 60.0 Å². The summed E-state index contributed by atoms with van der Waals surface area (Å²) in [5, 5.41) is 9.37. The van der Waals surface area contributed by atoms with Gasteiger partial charge in [-0.25, -0.2) is 0 Å². The molecule has 0 aliphatic heterocycles. The number of carboxylic acid groups (broad SMARTS) is 1. The number of Topliss-reactive ketones (excluding diaryl/α,β-unsaturated/α-hetero) is 2. The lowest BCUT2D eigenvalue weighted by molar-refractivity contribution is -0.156. The van der Waals surface area contributed by atoms with Crippen molar-refractivity contribution in [3.63, 3.8) is 0 Å². The van der Waals surface area contributed by atoms with Crippen molar-refractivity contribution in [2.24, 2.45) is 10.8 Å². The number of ketones is 2. The molecular formula is C22H34O10S2. The van der Waals surface area contributed by atoms with E-state index >= 15 is 0 Å². The Kier molecular flexibility index (Phi) is 15.5. The fourth-order valence-corrected chi connectivity index (χ4v) is 5.28.